The Hall–Kier alpha value is -0.770. The van der Waals surface area contributed by atoms with E-state index < -0.39 is 0 Å². The Morgan fingerprint density at radius 3 is 2.78 bits per heavy atom. The lowest BCUT2D eigenvalue weighted by molar-refractivity contribution is 0.262. The van der Waals surface area contributed by atoms with E-state index in [0.717, 1.165) is 30.9 Å². The van der Waals surface area contributed by atoms with Crippen LogP contribution in [0.2, 0.25) is 5.02 Å². The summed E-state index contributed by atoms with van der Waals surface area (Å²) in [5.74, 6) is 0.825. The summed E-state index contributed by atoms with van der Waals surface area (Å²) < 4.78 is 5.78. The van der Waals surface area contributed by atoms with Crippen LogP contribution in [0.3, 0.4) is 0 Å². The van der Waals surface area contributed by atoms with Gasteiger partial charge in [-0.05, 0) is 44.5 Å². The van der Waals surface area contributed by atoms with Gasteiger partial charge in [0.05, 0.1) is 6.61 Å². The molecule has 0 radical (unpaired) electrons. The summed E-state index contributed by atoms with van der Waals surface area (Å²) in [6.07, 6.45) is 3.73. The highest BCUT2D eigenvalue weighted by Gasteiger charge is 2.10. The van der Waals surface area contributed by atoms with Crippen molar-refractivity contribution in [3.8, 4) is 5.75 Å². The molecule has 0 aromatic heterocycles. The number of hydrogen-bond acceptors (Lipinski definition) is 3. The van der Waals surface area contributed by atoms with Crippen LogP contribution in [0.5, 0.6) is 5.75 Å². The van der Waals surface area contributed by atoms with E-state index >= 15 is 0 Å². The first-order chi connectivity index (χ1) is 8.79. The molecule has 1 aromatic rings. The summed E-state index contributed by atoms with van der Waals surface area (Å²) in [5, 5.41) is 0.696. The van der Waals surface area contributed by atoms with Crippen molar-refractivity contribution in [1.29, 1.82) is 0 Å². The average molecular weight is 269 g/mol. The zero-order valence-corrected chi connectivity index (χ0v) is 11.5. The topological polar surface area (TPSA) is 38.5 Å². The maximum absolute atomic E-state index is 5.96. The van der Waals surface area contributed by atoms with Gasteiger partial charge in [-0.25, -0.2) is 0 Å². The maximum Gasteiger partial charge on any atom is 0.125 e. The number of halogens is 1. The smallest absolute Gasteiger partial charge is 0.125 e. The van der Waals surface area contributed by atoms with Gasteiger partial charge in [0.2, 0.25) is 0 Å². The third-order valence-corrected chi connectivity index (χ3v) is 3.56. The van der Waals surface area contributed by atoms with Crippen molar-refractivity contribution >= 4 is 11.6 Å². The van der Waals surface area contributed by atoms with Crippen LogP contribution >= 0.6 is 11.6 Å². The Morgan fingerprint density at radius 2 is 2.06 bits per heavy atom. The molecule has 1 aliphatic rings. The van der Waals surface area contributed by atoms with E-state index in [4.69, 9.17) is 22.1 Å². The Labute approximate surface area is 114 Å². The number of hydrogen-bond donors (Lipinski definition) is 1. The molecule has 1 saturated heterocycles. The lowest BCUT2D eigenvalue weighted by Gasteiger charge is -2.15. The first kappa shape index (κ1) is 13.7. The maximum atomic E-state index is 5.96. The zero-order valence-electron chi connectivity index (χ0n) is 10.7. The van der Waals surface area contributed by atoms with Crippen molar-refractivity contribution in [1.82, 2.24) is 4.90 Å². The number of benzene rings is 1. The number of nitrogens with two attached hydrogens (primary N) is 1. The van der Waals surface area contributed by atoms with Gasteiger partial charge < -0.3 is 15.4 Å². The second-order valence-corrected chi connectivity index (χ2v) is 5.14. The van der Waals surface area contributed by atoms with E-state index in [1.54, 1.807) is 0 Å². The van der Waals surface area contributed by atoms with Crippen LogP contribution in [0.4, 0.5) is 0 Å². The third kappa shape index (κ3) is 3.87. The molecule has 0 atom stereocenters. The first-order valence-electron chi connectivity index (χ1n) is 6.63. The van der Waals surface area contributed by atoms with Gasteiger partial charge in [0, 0.05) is 23.7 Å². The molecule has 0 bridgehead atoms. The standard InChI is InChI=1S/C14H21ClN2O/c15-13-5-4-12(11-16)14(10-13)18-9-3-8-17-6-1-2-7-17/h4-5,10H,1-3,6-9,11,16H2. The minimum atomic E-state index is 0.485. The van der Waals surface area contributed by atoms with Crippen LogP contribution in [0, 0.1) is 0 Å². The number of rotatable bonds is 6. The molecule has 1 fully saturated rings. The van der Waals surface area contributed by atoms with Crippen molar-refractivity contribution in [2.45, 2.75) is 25.8 Å². The van der Waals surface area contributed by atoms with E-state index in [9.17, 15) is 0 Å². The molecule has 100 valence electrons. The van der Waals surface area contributed by atoms with Crippen LogP contribution in [0.25, 0.3) is 0 Å². The summed E-state index contributed by atoms with van der Waals surface area (Å²) in [6.45, 7) is 4.82. The van der Waals surface area contributed by atoms with E-state index in [0.29, 0.717) is 11.6 Å². The molecular weight excluding hydrogens is 248 g/mol. The van der Waals surface area contributed by atoms with Crippen molar-refractivity contribution in [3.05, 3.63) is 28.8 Å². The molecule has 4 heteroatoms. The number of likely N-dealkylation sites (tertiary alicyclic amines) is 1. The molecule has 0 saturated carbocycles. The Kier molecular flexibility index (Phi) is 5.29. The van der Waals surface area contributed by atoms with E-state index in [1.807, 2.05) is 18.2 Å². The molecule has 0 unspecified atom stereocenters. The second-order valence-electron chi connectivity index (χ2n) is 4.71. The zero-order chi connectivity index (χ0) is 12.8. The normalized spacial score (nSPS) is 16.1. The molecule has 0 spiro atoms. The fourth-order valence-corrected chi connectivity index (χ4v) is 2.47. The lowest BCUT2D eigenvalue weighted by atomic mass is 10.2. The highest BCUT2D eigenvalue weighted by atomic mass is 35.5. The molecular formula is C14H21ClN2O. The van der Waals surface area contributed by atoms with Crippen LogP contribution in [-0.2, 0) is 6.54 Å². The summed E-state index contributed by atoms with van der Waals surface area (Å²) in [5.41, 5.74) is 6.69. The predicted molar refractivity (Wildman–Crippen MR) is 75.1 cm³/mol. The van der Waals surface area contributed by atoms with Gasteiger partial charge in [-0.3, -0.25) is 0 Å². The SMILES string of the molecule is NCc1ccc(Cl)cc1OCCCN1CCCC1. The van der Waals surface area contributed by atoms with Crippen LogP contribution in [0.1, 0.15) is 24.8 Å². The van der Waals surface area contributed by atoms with Crippen molar-refractivity contribution < 1.29 is 4.74 Å². The highest BCUT2D eigenvalue weighted by molar-refractivity contribution is 6.30. The lowest BCUT2D eigenvalue weighted by Crippen LogP contribution is -2.22. The van der Waals surface area contributed by atoms with Gasteiger partial charge in [-0.1, -0.05) is 17.7 Å². The van der Waals surface area contributed by atoms with Gasteiger partial charge in [-0.2, -0.15) is 0 Å². The number of nitrogens with zero attached hydrogens (tertiary/aromatic N) is 1. The highest BCUT2D eigenvalue weighted by Crippen LogP contribution is 2.23. The van der Waals surface area contributed by atoms with Gasteiger partial charge in [0.15, 0.2) is 0 Å². The molecule has 18 heavy (non-hydrogen) atoms. The van der Waals surface area contributed by atoms with Crippen LogP contribution in [-0.4, -0.2) is 31.1 Å². The Bertz CT molecular complexity index is 378. The fraction of sp³-hybridized carbons (Fsp3) is 0.571. The largest absolute Gasteiger partial charge is 0.493 e. The first-order valence-corrected chi connectivity index (χ1v) is 7.01. The van der Waals surface area contributed by atoms with Crippen LogP contribution < -0.4 is 10.5 Å². The van der Waals surface area contributed by atoms with Crippen LogP contribution in [0.15, 0.2) is 18.2 Å². The van der Waals surface area contributed by atoms with Crippen molar-refractivity contribution in [3.63, 3.8) is 0 Å². The van der Waals surface area contributed by atoms with E-state index in [-0.39, 0.29) is 0 Å². The van der Waals surface area contributed by atoms with Gasteiger partial charge in [-0.15, -0.1) is 0 Å². The molecule has 2 N–H and O–H groups in total. The minimum Gasteiger partial charge on any atom is -0.493 e. The van der Waals surface area contributed by atoms with Crippen molar-refractivity contribution in [2.24, 2.45) is 5.73 Å². The minimum absolute atomic E-state index is 0.485. The summed E-state index contributed by atoms with van der Waals surface area (Å²) in [4.78, 5) is 2.49. The molecule has 1 heterocycles. The van der Waals surface area contributed by atoms with Gasteiger partial charge in [0.1, 0.15) is 5.75 Å². The molecule has 1 aliphatic heterocycles. The summed E-state index contributed by atoms with van der Waals surface area (Å²) in [6, 6.07) is 5.62. The molecule has 3 nitrogen and oxygen atoms in total. The number of ether oxygens (including phenoxy) is 1. The molecule has 2 rings (SSSR count). The monoisotopic (exact) mass is 268 g/mol. The average Bonchev–Trinajstić information content (AvgIpc) is 2.88. The molecule has 0 aliphatic carbocycles. The van der Waals surface area contributed by atoms with E-state index in [2.05, 4.69) is 4.90 Å². The Balaban J connectivity index is 1.76. The predicted octanol–water partition coefficient (Wildman–Crippen LogP) is 2.66. The Morgan fingerprint density at radius 1 is 1.28 bits per heavy atom. The fourth-order valence-electron chi connectivity index (χ4n) is 2.31. The molecule has 1 aromatic carbocycles. The van der Waals surface area contributed by atoms with Gasteiger partial charge >= 0.3 is 0 Å². The summed E-state index contributed by atoms with van der Waals surface area (Å²) >= 11 is 5.96. The van der Waals surface area contributed by atoms with Gasteiger partial charge in [0.25, 0.3) is 0 Å². The quantitative estimate of drug-likeness (QED) is 0.806. The van der Waals surface area contributed by atoms with E-state index in [1.165, 1.54) is 25.9 Å². The molecule has 0 amide bonds. The van der Waals surface area contributed by atoms with Crippen molar-refractivity contribution in [2.75, 3.05) is 26.2 Å². The summed E-state index contributed by atoms with van der Waals surface area (Å²) in [7, 11) is 0. The third-order valence-electron chi connectivity index (χ3n) is 3.32. The second kappa shape index (κ2) is 6.98.